The molecule has 0 spiro atoms. The molecule has 1 saturated heterocycles. The summed E-state index contributed by atoms with van der Waals surface area (Å²) in [5, 5.41) is 10.6. The zero-order chi connectivity index (χ0) is 10.5. The third kappa shape index (κ3) is 1.86. The van der Waals surface area contributed by atoms with Gasteiger partial charge in [0.1, 0.15) is 0 Å². The zero-order valence-electron chi connectivity index (χ0n) is 9.19. The normalized spacial score (nSPS) is 28.1. The Hall–Kier alpha value is -0.320. The number of carboxylic acid groups (broad SMARTS) is 1. The molecule has 0 unspecified atom stereocenters. The number of fused-ring (bicyclic) bond motifs is 1. The van der Waals surface area contributed by atoms with Crippen LogP contribution in [0.5, 0.6) is 0 Å². The van der Waals surface area contributed by atoms with Crippen molar-refractivity contribution in [2.24, 2.45) is 11.8 Å². The molecular formula is C10H12NNaO3. The Kier molecular flexibility index (Phi) is 3.63. The van der Waals surface area contributed by atoms with E-state index in [1.165, 1.54) is 11.1 Å². The first-order valence-corrected chi connectivity index (χ1v) is 4.76. The summed E-state index contributed by atoms with van der Waals surface area (Å²) in [6.07, 6.45) is 1.86. The molecule has 2 atom stereocenters. The summed E-state index contributed by atoms with van der Waals surface area (Å²) < 4.78 is 0. The van der Waals surface area contributed by atoms with Crippen molar-refractivity contribution in [2.45, 2.75) is 26.3 Å². The molecule has 76 valence electrons. The monoisotopic (exact) mass is 217 g/mol. The number of nitrogens with zero attached hydrogens (tertiary/aromatic N) is 1. The Morgan fingerprint density at radius 3 is 2.67 bits per heavy atom. The molecule has 15 heavy (non-hydrogen) atoms. The van der Waals surface area contributed by atoms with Gasteiger partial charge in [-0.15, -0.1) is 0 Å². The van der Waals surface area contributed by atoms with Crippen LogP contribution in [0.15, 0.2) is 11.8 Å². The summed E-state index contributed by atoms with van der Waals surface area (Å²) in [4.78, 5) is 23.6. The number of aliphatic carboxylic acids is 1. The van der Waals surface area contributed by atoms with Gasteiger partial charge in [-0.3, -0.25) is 4.79 Å². The fourth-order valence-electron chi connectivity index (χ4n) is 2.29. The van der Waals surface area contributed by atoms with Crippen LogP contribution in [0.25, 0.3) is 0 Å². The minimum atomic E-state index is -1.16. The van der Waals surface area contributed by atoms with E-state index in [1.54, 1.807) is 0 Å². The van der Waals surface area contributed by atoms with Gasteiger partial charge in [0.2, 0.25) is 5.91 Å². The molecule has 0 aromatic rings. The van der Waals surface area contributed by atoms with Gasteiger partial charge in [0.15, 0.2) is 0 Å². The van der Waals surface area contributed by atoms with Crippen molar-refractivity contribution >= 4 is 11.9 Å². The topological polar surface area (TPSA) is 60.4 Å². The van der Waals surface area contributed by atoms with E-state index in [9.17, 15) is 14.7 Å². The molecular weight excluding hydrogens is 205 g/mol. The Bertz CT molecular complexity index is 338. The maximum absolute atomic E-state index is 11.5. The average Bonchev–Trinajstić information content (AvgIpc) is 2.43. The SMILES string of the molecule is CC(C)[C@H]1C(=O)N2C=C(C(=O)[O-])C[C@H]12.[Na+]. The van der Waals surface area contributed by atoms with Gasteiger partial charge in [-0.2, -0.15) is 0 Å². The predicted octanol–water partition coefficient (Wildman–Crippen LogP) is -3.49. The third-order valence-electron chi connectivity index (χ3n) is 3.02. The molecule has 0 aliphatic carbocycles. The smallest absolute Gasteiger partial charge is 0.545 e. The van der Waals surface area contributed by atoms with Crippen LogP contribution in [-0.2, 0) is 9.59 Å². The average molecular weight is 217 g/mol. The van der Waals surface area contributed by atoms with Crippen LogP contribution in [0.3, 0.4) is 0 Å². The first-order valence-electron chi connectivity index (χ1n) is 4.76. The summed E-state index contributed by atoms with van der Waals surface area (Å²) >= 11 is 0. The fraction of sp³-hybridized carbons (Fsp3) is 0.600. The third-order valence-corrected chi connectivity index (χ3v) is 3.02. The second-order valence-electron chi connectivity index (χ2n) is 4.23. The second-order valence-corrected chi connectivity index (χ2v) is 4.23. The molecule has 2 heterocycles. The number of hydrogen-bond acceptors (Lipinski definition) is 3. The summed E-state index contributed by atoms with van der Waals surface area (Å²) in [6.45, 7) is 3.97. The standard InChI is InChI=1S/C10H13NO3.Na/c1-5(2)8-7-3-6(10(13)14)4-11(7)9(8)12;/h4-5,7-8H,3H2,1-2H3,(H,13,14);/q;+1/p-1/t7-,8-;/m1./s1. The van der Waals surface area contributed by atoms with Crippen LogP contribution in [0.1, 0.15) is 20.3 Å². The summed E-state index contributed by atoms with van der Waals surface area (Å²) in [5.74, 6) is -0.850. The number of amides is 1. The van der Waals surface area contributed by atoms with Crippen molar-refractivity contribution in [3.8, 4) is 0 Å². The van der Waals surface area contributed by atoms with Crippen molar-refractivity contribution < 1.29 is 44.3 Å². The second kappa shape index (κ2) is 4.28. The Labute approximate surface area is 111 Å². The minimum absolute atomic E-state index is 0. The maximum atomic E-state index is 11.5. The molecule has 0 aromatic heterocycles. The molecule has 5 heteroatoms. The van der Waals surface area contributed by atoms with E-state index in [0.717, 1.165) is 0 Å². The van der Waals surface area contributed by atoms with Crippen LogP contribution in [0, 0.1) is 11.8 Å². The largest absolute Gasteiger partial charge is 1.00 e. The van der Waals surface area contributed by atoms with Crippen LogP contribution in [0.2, 0.25) is 0 Å². The summed E-state index contributed by atoms with van der Waals surface area (Å²) in [6, 6.07) is 0.0652. The van der Waals surface area contributed by atoms with Crippen LogP contribution in [-0.4, -0.2) is 22.8 Å². The molecule has 1 fully saturated rings. The van der Waals surface area contributed by atoms with E-state index >= 15 is 0 Å². The first kappa shape index (κ1) is 12.7. The van der Waals surface area contributed by atoms with Gasteiger partial charge in [0.25, 0.3) is 0 Å². The molecule has 2 rings (SSSR count). The molecule has 4 nitrogen and oxygen atoms in total. The van der Waals surface area contributed by atoms with Crippen molar-refractivity contribution in [1.82, 2.24) is 4.90 Å². The van der Waals surface area contributed by atoms with Crippen LogP contribution >= 0.6 is 0 Å². The van der Waals surface area contributed by atoms with Crippen LogP contribution in [0.4, 0.5) is 0 Å². The quantitative estimate of drug-likeness (QED) is 0.356. The fourth-order valence-corrected chi connectivity index (χ4v) is 2.29. The number of carbonyl (C=O) groups is 2. The molecule has 1 amide bonds. The summed E-state index contributed by atoms with van der Waals surface area (Å²) in [7, 11) is 0. The van der Waals surface area contributed by atoms with Gasteiger partial charge < -0.3 is 14.8 Å². The van der Waals surface area contributed by atoms with Gasteiger partial charge in [-0.1, -0.05) is 13.8 Å². The number of carboxylic acids is 1. The molecule has 0 radical (unpaired) electrons. The summed E-state index contributed by atoms with van der Waals surface area (Å²) in [5.41, 5.74) is 0.242. The Balaban J connectivity index is 0.00000112. The van der Waals surface area contributed by atoms with Gasteiger partial charge in [0, 0.05) is 6.20 Å². The number of β-lactam (4-membered cyclic amide) rings is 1. The van der Waals surface area contributed by atoms with Gasteiger partial charge in [0.05, 0.1) is 17.9 Å². The van der Waals surface area contributed by atoms with Gasteiger partial charge in [-0.25, -0.2) is 0 Å². The minimum Gasteiger partial charge on any atom is -0.545 e. The predicted molar refractivity (Wildman–Crippen MR) is 46.7 cm³/mol. The zero-order valence-corrected chi connectivity index (χ0v) is 11.2. The maximum Gasteiger partial charge on any atom is 1.00 e. The molecule has 0 bridgehead atoms. The molecule has 2 aliphatic heterocycles. The van der Waals surface area contributed by atoms with Crippen molar-refractivity contribution in [3.63, 3.8) is 0 Å². The van der Waals surface area contributed by atoms with Crippen molar-refractivity contribution in [1.29, 1.82) is 0 Å². The van der Waals surface area contributed by atoms with E-state index in [2.05, 4.69) is 0 Å². The van der Waals surface area contributed by atoms with Crippen molar-refractivity contribution in [3.05, 3.63) is 11.8 Å². The Morgan fingerprint density at radius 1 is 1.60 bits per heavy atom. The van der Waals surface area contributed by atoms with Gasteiger partial charge >= 0.3 is 29.6 Å². The van der Waals surface area contributed by atoms with Crippen molar-refractivity contribution in [2.75, 3.05) is 0 Å². The Morgan fingerprint density at radius 2 is 2.20 bits per heavy atom. The molecule has 0 N–H and O–H groups in total. The first-order chi connectivity index (χ1) is 6.52. The molecule has 0 saturated carbocycles. The van der Waals surface area contributed by atoms with E-state index in [1.807, 2.05) is 13.8 Å². The number of carbonyl (C=O) groups excluding carboxylic acids is 2. The number of hydrogen-bond donors (Lipinski definition) is 0. The van der Waals surface area contributed by atoms with E-state index < -0.39 is 5.97 Å². The van der Waals surface area contributed by atoms with Gasteiger partial charge in [-0.05, 0) is 17.9 Å². The van der Waals surface area contributed by atoms with E-state index in [0.29, 0.717) is 6.42 Å². The number of rotatable bonds is 2. The molecule has 2 aliphatic rings. The van der Waals surface area contributed by atoms with E-state index in [4.69, 9.17) is 0 Å². The van der Waals surface area contributed by atoms with E-state index in [-0.39, 0.29) is 58.9 Å². The molecule has 0 aromatic carbocycles. The van der Waals surface area contributed by atoms with Crippen LogP contribution < -0.4 is 34.7 Å².